The normalized spacial score (nSPS) is 13.0. The minimum absolute atomic E-state index is 0.0872. The van der Waals surface area contributed by atoms with Crippen molar-refractivity contribution in [3.63, 3.8) is 0 Å². The Kier molecular flexibility index (Phi) is 14.7. The van der Waals surface area contributed by atoms with Gasteiger partial charge in [0.05, 0.1) is 0 Å². The molecule has 1 unspecified atom stereocenters. The lowest BCUT2D eigenvalue weighted by Gasteiger charge is -2.13. The minimum Gasteiger partial charge on any atom is -0.480 e. The average Bonchev–Trinajstić information content (AvgIpc) is 2.61. The van der Waals surface area contributed by atoms with E-state index >= 15 is 0 Å². The van der Waals surface area contributed by atoms with Crippen molar-refractivity contribution in [2.75, 3.05) is 11.5 Å². The van der Waals surface area contributed by atoms with Crippen molar-refractivity contribution >= 4 is 29.5 Å². The van der Waals surface area contributed by atoms with E-state index in [2.05, 4.69) is 51.2 Å². The molecule has 2 amide bonds. The predicted octanol–water partition coefficient (Wildman–Crippen LogP) is 3.97. The van der Waals surface area contributed by atoms with Gasteiger partial charge >= 0.3 is 5.97 Å². The number of nitrogens with one attached hydrogen (secondary N) is 1. The molecule has 0 saturated carbocycles. The number of primary amides is 1. The first-order valence-corrected chi connectivity index (χ1v) is 11.1. The largest absolute Gasteiger partial charge is 0.480 e. The number of thioether (sulfide) groups is 1. The van der Waals surface area contributed by atoms with E-state index in [1.165, 1.54) is 28.5 Å². The monoisotopic (exact) mass is 424 g/mol. The summed E-state index contributed by atoms with van der Waals surface area (Å²) in [7, 11) is 0. The molecule has 7 heteroatoms. The minimum atomic E-state index is -1.08. The molecule has 0 aliphatic heterocycles. The van der Waals surface area contributed by atoms with E-state index in [-0.39, 0.29) is 18.6 Å². The fourth-order valence-electron chi connectivity index (χ4n) is 2.40. The van der Waals surface area contributed by atoms with Gasteiger partial charge < -0.3 is 16.2 Å². The summed E-state index contributed by atoms with van der Waals surface area (Å²) in [6.45, 7) is 8.47. The molecule has 0 fully saturated rings. The summed E-state index contributed by atoms with van der Waals surface area (Å²) in [6.07, 6.45) is 10.6. The summed E-state index contributed by atoms with van der Waals surface area (Å²) in [4.78, 5) is 33.6. The predicted molar refractivity (Wildman–Crippen MR) is 121 cm³/mol. The van der Waals surface area contributed by atoms with Gasteiger partial charge in [0.25, 0.3) is 0 Å². The van der Waals surface area contributed by atoms with Crippen LogP contribution in [0.25, 0.3) is 0 Å². The molecule has 0 aromatic carbocycles. The van der Waals surface area contributed by atoms with Crippen LogP contribution in [0, 0.1) is 0 Å². The van der Waals surface area contributed by atoms with Crippen LogP contribution in [-0.4, -0.2) is 40.4 Å². The summed E-state index contributed by atoms with van der Waals surface area (Å²) in [5, 5.41) is 11.7. The molecular formula is C22H36N2O4S. The van der Waals surface area contributed by atoms with Crippen LogP contribution in [0.15, 0.2) is 34.9 Å². The van der Waals surface area contributed by atoms with Crippen molar-refractivity contribution in [2.45, 2.75) is 72.3 Å². The molecule has 0 spiro atoms. The van der Waals surface area contributed by atoms with Crippen LogP contribution in [0.1, 0.15) is 66.2 Å². The molecule has 0 aromatic heterocycles. The Hall–Kier alpha value is -2.02. The zero-order chi connectivity index (χ0) is 22.2. The van der Waals surface area contributed by atoms with Gasteiger partial charge in [-0.05, 0) is 53.4 Å². The van der Waals surface area contributed by atoms with Crippen LogP contribution >= 0.6 is 11.8 Å². The highest BCUT2D eigenvalue weighted by atomic mass is 32.2. The van der Waals surface area contributed by atoms with E-state index in [0.29, 0.717) is 5.75 Å². The maximum Gasteiger partial charge on any atom is 0.327 e. The SMILES string of the molecule is CC(C)=CCCC(C)=CCCC(C)=CCSCC(NC(=O)CCC(N)=O)C(=O)O. The van der Waals surface area contributed by atoms with E-state index in [1.807, 2.05) is 0 Å². The highest BCUT2D eigenvalue weighted by molar-refractivity contribution is 7.99. The second kappa shape index (κ2) is 15.9. The van der Waals surface area contributed by atoms with E-state index in [0.717, 1.165) is 25.7 Å². The van der Waals surface area contributed by atoms with Gasteiger partial charge in [0, 0.05) is 24.3 Å². The molecule has 0 aliphatic rings. The van der Waals surface area contributed by atoms with Crippen LogP contribution < -0.4 is 11.1 Å². The smallest absolute Gasteiger partial charge is 0.327 e. The van der Waals surface area contributed by atoms with Crippen LogP contribution in [0.2, 0.25) is 0 Å². The Morgan fingerprint density at radius 3 is 2.07 bits per heavy atom. The maximum absolute atomic E-state index is 11.7. The molecule has 164 valence electrons. The number of hydrogen-bond acceptors (Lipinski definition) is 4. The zero-order valence-electron chi connectivity index (χ0n) is 18.1. The maximum atomic E-state index is 11.7. The third kappa shape index (κ3) is 16.6. The summed E-state index contributed by atoms with van der Waals surface area (Å²) >= 11 is 1.45. The first kappa shape index (κ1) is 27.0. The van der Waals surface area contributed by atoms with Crippen LogP contribution in [-0.2, 0) is 14.4 Å². The number of hydrogen-bond donors (Lipinski definition) is 3. The standard InChI is InChI=1S/C22H36N2O4S/c1-16(2)7-5-8-17(3)9-6-10-18(4)13-14-29-15-19(22(27)28)24-21(26)12-11-20(23)25/h7,9,13,19H,5-6,8,10-12,14-15H2,1-4H3,(H2,23,25)(H,24,26)(H,27,28). The van der Waals surface area contributed by atoms with Gasteiger partial charge in [-0.3, -0.25) is 9.59 Å². The van der Waals surface area contributed by atoms with Gasteiger partial charge in [0.1, 0.15) is 6.04 Å². The summed E-state index contributed by atoms with van der Waals surface area (Å²) in [5.41, 5.74) is 9.01. The Morgan fingerprint density at radius 2 is 1.52 bits per heavy atom. The molecule has 0 bridgehead atoms. The van der Waals surface area contributed by atoms with E-state index in [4.69, 9.17) is 5.73 Å². The topological polar surface area (TPSA) is 109 Å². The van der Waals surface area contributed by atoms with Gasteiger partial charge in [0.2, 0.25) is 11.8 Å². The number of carboxylic acids is 1. The number of aliphatic carboxylic acids is 1. The molecule has 0 heterocycles. The van der Waals surface area contributed by atoms with Gasteiger partial charge in [-0.2, -0.15) is 11.8 Å². The lowest BCUT2D eigenvalue weighted by Crippen LogP contribution is -2.42. The van der Waals surface area contributed by atoms with E-state index in [1.54, 1.807) is 0 Å². The molecule has 6 nitrogen and oxygen atoms in total. The van der Waals surface area contributed by atoms with E-state index < -0.39 is 23.8 Å². The molecule has 29 heavy (non-hydrogen) atoms. The Morgan fingerprint density at radius 1 is 0.931 bits per heavy atom. The Balaban J connectivity index is 4.20. The third-order valence-electron chi connectivity index (χ3n) is 4.19. The lowest BCUT2D eigenvalue weighted by molar-refractivity contribution is -0.141. The van der Waals surface area contributed by atoms with Gasteiger partial charge in [-0.25, -0.2) is 4.79 Å². The molecule has 0 rings (SSSR count). The number of amides is 2. The number of carboxylic acid groups (broad SMARTS) is 1. The quantitative estimate of drug-likeness (QED) is 0.272. The summed E-state index contributed by atoms with van der Waals surface area (Å²) in [6, 6.07) is -0.972. The average molecular weight is 425 g/mol. The lowest BCUT2D eigenvalue weighted by atomic mass is 10.1. The number of carbonyl (C=O) groups is 3. The molecule has 0 saturated heterocycles. The first-order valence-electron chi connectivity index (χ1n) is 9.94. The van der Waals surface area contributed by atoms with Gasteiger partial charge in [-0.1, -0.05) is 34.9 Å². The second-order valence-electron chi connectivity index (χ2n) is 7.42. The van der Waals surface area contributed by atoms with E-state index in [9.17, 15) is 19.5 Å². The van der Waals surface area contributed by atoms with Crippen LogP contribution in [0.3, 0.4) is 0 Å². The highest BCUT2D eigenvalue weighted by Gasteiger charge is 2.19. The number of rotatable bonds is 15. The van der Waals surface area contributed by atoms with Crippen molar-refractivity contribution in [3.8, 4) is 0 Å². The van der Waals surface area contributed by atoms with Crippen molar-refractivity contribution in [1.29, 1.82) is 0 Å². The van der Waals surface area contributed by atoms with Gasteiger partial charge in [0.15, 0.2) is 0 Å². The molecule has 1 atom stereocenters. The number of nitrogens with two attached hydrogens (primary N) is 1. The second-order valence-corrected chi connectivity index (χ2v) is 8.50. The molecule has 4 N–H and O–H groups in total. The molecule has 0 aliphatic carbocycles. The fraction of sp³-hybridized carbons (Fsp3) is 0.591. The zero-order valence-corrected chi connectivity index (χ0v) is 18.9. The van der Waals surface area contributed by atoms with Crippen molar-refractivity contribution in [3.05, 3.63) is 34.9 Å². The number of carbonyl (C=O) groups excluding carboxylic acids is 2. The van der Waals surface area contributed by atoms with Gasteiger partial charge in [-0.15, -0.1) is 0 Å². The van der Waals surface area contributed by atoms with Crippen LogP contribution in [0.4, 0.5) is 0 Å². The fourth-order valence-corrected chi connectivity index (χ4v) is 3.40. The van der Waals surface area contributed by atoms with Crippen molar-refractivity contribution in [2.24, 2.45) is 5.73 Å². The molecular weight excluding hydrogens is 388 g/mol. The first-order chi connectivity index (χ1) is 13.6. The Labute approximate surface area is 179 Å². The Bertz CT molecular complexity index is 635. The van der Waals surface area contributed by atoms with Crippen LogP contribution in [0.5, 0.6) is 0 Å². The third-order valence-corrected chi connectivity index (χ3v) is 5.16. The number of allylic oxidation sites excluding steroid dienone is 5. The van der Waals surface area contributed by atoms with Crippen molar-refractivity contribution in [1.82, 2.24) is 5.32 Å². The summed E-state index contributed by atoms with van der Waals surface area (Å²) in [5.74, 6) is -1.18. The van der Waals surface area contributed by atoms with Crippen molar-refractivity contribution < 1.29 is 19.5 Å². The summed E-state index contributed by atoms with van der Waals surface area (Å²) < 4.78 is 0. The molecule has 0 radical (unpaired) electrons. The molecule has 0 aromatic rings. The highest BCUT2D eigenvalue weighted by Crippen LogP contribution is 2.13.